The van der Waals surface area contributed by atoms with Crippen LogP contribution in [0.1, 0.15) is 42.1 Å². The Morgan fingerprint density at radius 1 is 1.06 bits per heavy atom. The normalized spacial score (nSPS) is 20.0. The number of benzene rings is 2. The van der Waals surface area contributed by atoms with Crippen LogP contribution in [0, 0.1) is 0 Å². The summed E-state index contributed by atoms with van der Waals surface area (Å²) in [6.07, 6.45) is -1.55. The van der Waals surface area contributed by atoms with Crippen molar-refractivity contribution in [2.24, 2.45) is 0 Å². The monoisotopic (exact) mass is 530 g/mol. The first-order chi connectivity index (χ1) is 16.0. The van der Waals surface area contributed by atoms with Gasteiger partial charge in [-0.05, 0) is 60.0 Å². The van der Waals surface area contributed by atoms with Crippen molar-refractivity contribution in [2.45, 2.75) is 50.0 Å². The van der Waals surface area contributed by atoms with Crippen LogP contribution in [0.3, 0.4) is 0 Å². The zero-order chi connectivity index (χ0) is 22.8. The molecule has 3 aromatic rings. The van der Waals surface area contributed by atoms with Gasteiger partial charge in [0, 0.05) is 30.6 Å². The van der Waals surface area contributed by atoms with Gasteiger partial charge in [-0.25, -0.2) is 0 Å². The molecule has 1 aliphatic carbocycles. The zero-order valence-corrected chi connectivity index (χ0v) is 20.4. The molecule has 190 valence electrons. The molecule has 2 N–H and O–H groups in total. The molecule has 2 heterocycles. The number of halogens is 5. The van der Waals surface area contributed by atoms with Gasteiger partial charge in [0.1, 0.15) is 5.75 Å². The predicted molar refractivity (Wildman–Crippen MR) is 130 cm³/mol. The highest BCUT2D eigenvalue weighted by Crippen LogP contribution is 2.33. The highest BCUT2D eigenvalue weighted by Gasteiger charge is 2.38. The summed E-state index contributed by atoms with van der Waals surface area (Å²) >= 11 is 0. The van der Waals surface area contributed by atoms with Crippen molar-refractivity contribution in [3.05, 3.63) is 65.5 Å². The molecule has 0 amide bonds. The lowest BCUT2D eigenvalue weighted by Crippen LogP contribution is -2.45. The van der Waals surface area contributed by atoms with Gasteiger partial charge in [0.15, 0.2) is 0 Å². The molecule has 2 aromatic carbocycles. The number of aromatic nitrogens is 4. The molecule has 2 atom stereocenters. The fourth-order valence-electron chi connectivity index (χ4n) is 4.25. The Bertz CT molecular complexity index is 1090. The summed E-state index contributed by atoms with van der Waals surface area (Å²) in [6.45, 7) is 2.24. The molecule has 0 spiro atoms. The van der Waals surface area contributed by atoms with Crippen molar-refractivity contribution in [3.63, 3.8) is 0 Å². The Labute approximate surface area is 213 Å². The number of ether oxygens (including phenoxy) is 1. The van der Waals surface area contributed by atoms with Crippen molar-refractivity contribution >= 4 is 24.8 Å². The smallest absolute Gasteiger partial charge is 0.453 e. The van der Waals surface area contributed by atoms with Crippen molar-refractivity contribution in [1.82, 2.24) is 30.8 Å². The number of piperidine rings is 1. The molecular formula is C23H27Cl2F3N6O. The van der Waals surface area contributed by atoms with E-state index in [4.69, 9.17) is 4.74 Å². The Morgan fingerprint density at radius 3 is 2.54 bits per heavy atom. The maximum absolute atomic E-state index is 13.3. The lowest BCUT2D eigenvalue weighted by atomic mass is 9.87. The number of nitrogens with zero attached hydrogens (tertiary/aromatic N) is 4. The van der Waals surface area contributed by atoms with Crippen molar-refractivity contribution in [2.75, 3.05) is 13.1 Å². The molecule has 2 aliphatic rings. The molecule has 7 nitrogen and oxygen atoms in total. The molecule has 12 heteroatoms. The number of hydrogen-bond donors (Lipinski definition) is 2. The van der Waals surface area contributed by atoms with Gasteiger partial charge < -0.3 is 15.4 Å². The van der Waals surface area contributed by atoms with E-state index in [0.29, 0.717) is 18.2 Å². The third kappa shape index (κ3) is 6.43. The minimum Gasteiger partial charge on any atom is -0.490 e. The van der Waals surface area contributed by atoms with E-state index in [1.54, 1.807) is 18.2 Å². The van der Waals surface area contributed by atoms with Gasteiger partial charge in [0.2, 0.25) is 0 Å². The van der Waals surface area contributed by atoms with E-state index in [0.717, 1.165) is 42.6 Å². The van der Waals surface area contributed by atoms with Crippen LogP contribution in [0.15, 0.2) is 48.5 Å². The molecule has 1 aromatic heterocycles. The van der Waals surface area contributed by atoms with Gasteiger partial charge in [-0.3, -0.25) is 0 Å². The molecule has 0 bridgehead atoms. The SMILES string of the molecule is Cl.Cl.FC(F)(F)c1nnnn1-c1ccc(OC2CC2)c(CN[C@H]2CCNC[C@H]2c2ccccc2)c1. The molecule has 1 saturated carbocycles. The first-order valence-electron chi connectivity index (χ1n) is 11.1. The summed E-state index contributed by atoms with van der Waals surface area (Å²) in [6, 6.07) is 15.5. The molecule has 1 aliphatic heterocycles. The second-order valence-electron chi connectivity index (χ2n) is 8.52. The maximum atomic E-state index is 13.3. The van der Waals surface area contributed by atoms with Crippen LogP contribution in [0.4, 0.5) is 13.2 Å². The highest BCUT2D eigenvalue weighted by molar-refractivity contribution is 5.85. The van der Waals surface area contributed by atoms with Crippen LogP contribution in [-0.4, -0.2) is 45.4 Å². The van der Waals surface area contributed by atoms with E-state index in [-0.39, 0.29) is 42.6 Å². The average Bonchev–Trinajstić information content (AvgIpc) is 3.49. The van der Waals surface area contributed by atoms with Crippen LogP contribution in [0.25, 0.3) is 5.69 Å². The van der Waals surface area contributed by atoms with Gasteiger partial charge in [0.25, 0.3) is 5.82 Å². The van der Waals surface area contributed by atoms with Crippen molar-refractivity contribution in [3.8, 4) is 11.4 Å². The summed E-state index contributed by atoms with van der Waals surface area (Å²) in [4.78, 5) is 0. The second-order valence-corrected chi connectivity index (χ2v) is 8.52. The largest absolute Gasteiger partial charge is 0.490 e. The minimum atomic E-state index is -4.65. The molecule has 2 fully saturated rings. The Kier molecular flexibility index (Phi) is 8.98. The number of hydrogen-bond acceptors (Lipinski definition) is 6. The Balaban J connectivity index is 0.00000171. The lowest BCUT2D eigenvalue weighted by molar-refractivity contribution is -0.146. The topological polar surface area (TPSA) is 76.9 Å². The molecule has 35 heavy (non-hydrogen) atoms. The van der Waals surface area contributed by atoms with E-state index in [1.165, 1.54) is 5.56 Å². The van der Waals surface area contributed by atoms with Gasteiger partial charge in [-0.2, -0.15) is 17.9 Å². The predicted octanol–water partition coefficient (Wildman–Crippen LogP) is 4.30. The Morgan fingerprint density at radius 2 is 1.83 bits per heavy atom. The third-order valence-corrected chi connectivity index (χ3v) is 6.09. The van der Waals surface area contributed by atoms with E-state index in [1.807, 2.05) is 18.2 Å². The average molecular weight is 531 g/mol. The first kappa shape index (κ1) is 27.2. The second kappa shape index (κ2) is 11.6. The van der Waals surface area contributed by atoms with E-state index >= 15 is 0 Å². The molecule has 5 rings (SSSR count). The number of rotatable bonds is 7. The summed E-state index contributed by atoms with van der Waals surface area (Å²) in [5.74, 6) is -0.173. The van der Waals surface area contributed by atoms with Crippen LogP contribution in [-0.2, 0) is 12.7 Å². The fraction of sp³-hybridized carbons (Fsp3) is 0.435. The minimum absolute atomic E-state index is 0. The third-order valence-electron chi connectivity index (χ3n) is 6.09. The zero-order valence-electron chi connectivity index (χ0n) is 18.7. The molecule has 0 radical (unpaired) electrons. The van der Waals surface area contributed by atoms with Crippen molar-refractivity contribution < 1.29 is 17.9 Å². The van der Waals surface area contributed by atoms with Crippen LogP contribution < -0.4 is 15.4 Å². The Hall–Kier alpha value is -2.40. The summed E-state index contributed by atoms with van der Waals surface area (Å²) in [7, 11) is 0. The number of tetrazole rings is 1. The van der Waals surface area contributed by atoms with Gasteiger partial charge >= 0.3 is 6.18 Å². The van der Waals surface area contributed by atoms with E-state index < -0.39 is 12.0 Å². The molecular weight excluding hydrogens is 504 g/mol. The van der Waals surface area contributed by atoms with E-state index in [9.17, 15) is 13.2 Å². The molecule has 1 saturated heterocycles. The van der Waals surface area contributed by atoms with Crippen molar-refractivity contribution in [1.29, 1.82) is 0 Å². The van der Waals surface area contributed by atoms with Gasteiger partial charge in [-0.1, -0.05) is 30.3 Å². The summed E-state index contributed by atoms with van der Waals surface area (Å²) in [5, 5.41) is 17.0. The van der Waals surface area contributed by atoms with Crippen LogP contribution >= 0.6 is 24.8 Å². The number of nitrogens with one attached hydrogen (secondary N) is 2. The molecule has 0 unspecified atom stereocenters. The standard InChI is InChI=1S/C23H25F3N6O.2ClH/c24-23(25,26)22-29-30-31-32(22)17-6-9-21(33-18-7-8-18)16(12-17)13-28-20-10-11-27-14-19(20)15-4-2-1-3-5-15;;/h1-6,9,12,18-20,27-28H,7-8,10-11,13-14H2;2*1H/t19-,20-;;/m0../s1. The lowest BCUT2D eigenvalue weighted by Gasteiger charge is -2.33. The van der Waals surface area contributed by atoms with Gasteiger partial charge in [-0.15, -0.1) is 29.9 Å². The summed E-state index contributed by atoms with van der Waals surface area (Å²) < 4.78 is 46.7. The fourth-order valence-corrected chi connectivity index (χ4v) is 4.25. The summed E-state index contributed by atoms with van der Waals surface area (Å²) in [5.41, 5.74) is 2.29. The van der Waals surface area contributed by atoms with Crippen LogP contribution in [0.5, 0.6) is 5.75 Å². The highest BCUT2D eigenvalue weighted by atomic mass is 35.5. The first-order valence-corrected chi connectivity index (χ1v) is 11.1. The van der Waals surface area contributed by atoms with Crippen LogP contribution in [0.2, 0.25) is 0 Å². The quantitative estimate of drug-likeness (QED) is 0.474. The maximum Gasteiger partial charge on any atom is 0.453 e. The number of alkyl halides is 3. The van der Waals surface area contributed by atoms with E-state index in [2.05, 4.69) is 38.3 Å². The van der Waals surface area contributed by atoms with Gasteiger partial charge in [0.05, 0.1) is 11.8 Å².